The molecule has 96 valence electrons. The number of nitrogens with two attached hydrogens (primary N) is 1. The van der Waals surface area contributed by atoms with Crippen molar-refractivity contribution in [1.82, 2.24) is 20.2 Å². The largest absolute Gasteiger partial charge is 0.324 e. The van der Waals surface area contributed by atoms with E-state index in [0.29, 0.717) is 6.54 Å². The summed E-state index contributed by atoms with van der Waals surface area (Å²) in [5, 5.41) is 11.7. The van der Waals surface area contributed by atoms with Gasteiger partial charge in [0.05, 0.1) is 12.1 Å². The molecule has 18 heavy (non-hydrogen) atoms. The summed E-state index contributed by atoms with van der Waals surface area (Å²) in [4.78, 5) is 0. The van der Waals surface area contributed by atoms with Crippen molar-refractivity contribution in [3.05, 3.63) is 41.7 Å². The Hall–Kier alpha value is -1.75. The first-order valence-corrected chi connectivity index (χ1v) is 6.15. The van der Waals surface area contributed by atoms with E-state index in [2.05, 4.69) is 53.6 Å². The Morgan fingerprint density at radius 2 is 1.94 bits per heavy atom. The molecule has 2 N–H and O–H groups in total. The molecular formula is C13H19N5. The topological polar surface area (TPSA) is 69.6 Å². The van der Waals surface area contributed by atoms with Crippen LogP contribution >= 0.6 is 0 Å². The minimum Gasteiger partial charge on any atom is -0.324 e. The summed E-state index contributed by atoms with van der Waals surface area (Å²) in [5.41, 5.74) is 6.83. The van der Waals surface area contributed by atoms with Gasteiger partial charge in [-0.05, 0) is 42.7 Å². The average molecular weight is 245 g/mol. The maximum absolute atomic E-state index is 5.64. The molecule has 0 saturated carbocycles. The maximum atomic E-state index is 5.64. The molecule has 0 saturated heterocycles. The van der Waals surface area contributed by atoms with Crippen LogP contribution < -0.4 is 5.73 Å². The molecule has 0 unspecified atom stereocenters. The molecule has 1 heterocycles. The number of rotatable bonds is 5. The third-order valence-electron chi connectivity index (χ3n) is 3.16. The van der Waals surface area contributed by atoms with Gasteiger partial charge in [-0.2, -0.15) is 0 Å². The van der Waals surface area contributed by atoms with Crippen molar-refractivity contribution in [2.75, 3.05) is 0 Å². The predicted molar refractivity (Wildman–Crippen MR) is 69.8 cm³/mol. The summed E-state index contributed by atoms with van der Waals surface area (Å²) in [6, 6.07) is 10.4. The second-order valence-electron chi connectivity index (χ2n) is 5.01. The van der Waals surface area contributed by atoms with Crippen LogP contribution in [0.3, 0.4) is 0 Å². The summed E-state index contributed by atoms with van der Waals surface area (Å²) < 4.78 is 1.83. The normalized spacial score (nSPS) is 11.7. The van der Waals surface area contributed by atoms with E-state index in [1.54, 1.807) is 0 Å². The Morgan fingerprint density at radius 1 is 1.22 bits per heavy atom. The van der Waals surface area contributed by atoms with Gasteiger partial charge >= 0.3 is 0 Å². The van der Waals surface area contributed by atoms with Gasteiger partial charge in [0.25, 0.3) is 0 Å². The van der Waals surface area contributed by atoms with Crippen molar-refractivity contribution in [3.8, 4) is 0 Å². The number of benzene rings is 1. The molecule has 0 spiro atoms. The van der Waals surface area contributed by atoms with E-state index < -0.39 is 0 Å². The molecule has 2 aromatic rings. The lowest BCUT2D eigenvalue weighted by atomic mass is 9.95. The van der Waals surface area contributed by atoms with Crippen LogP contribution in [0.4, 0.5) is 0 Å². The van der Waals surface area contributed by atoms with E-state index in [1.807, 2.05) is 10.7 Å². The van der Waals surface area contributed by atoms with E-state index in [4.69, 9.17) is 5.73 Å². The van der Waals surface area contributed by atoms with Crippen molar-refractivity contribution in [3.63, 3.8) is 0 Å². The molecule has 5 heteroatoms. The lowest BCUT2D eigenvalue weighted by molar-refractivity contribution is 0.280. The van der Waals surface area contributed by atoms with Crippen molar-refractivity contribution in [1.29, 1.82) is 0 Å². The highest BCUT2D eigenvalue weighted by Crippen LogP contribution is 2.22. The van der Waals surface area contributed by atoms with Gasteiger partial charge in [-0.1, -0.05) is 30.3 Å². The Labute approximate surface area is 107 Å². The van der Waals surface area contributed by atoms with E-state index in [-0.39, 0.29) is 5.54 Å². The summed E-state index contributed by atoms with van der Waals surface area (Å²) in [6.07, 6.45) is 1.97. The Kier molecular flexibility index (Phi) is 3.72. The second-order valence-corrected chi connectivity index (χ2v) is 5.01. The van der Waals surface area contributed by atoms with Gasteiger partial charge in [0.1, 0.15) is 0 Å². The Bertz CT molecular complexity index is 489. The molecule has 0 aliphatic rings. The monoisotopic (exact) mass is 245 g/mol. The van der Waals surface area contributed by atoms with E-state index >= 15 is 0 Å². The van der Waals surface area contributed by atoms with Crippen LogP contribution in [-0.2, 0) is 18.5 Å². The number of aromatic nitrogens is 4. The van der Waals surface area contributed by atoms with Crippen LogP contribution in [0.1, 0.15) is 31.7 Å². The number of nitrogens with zero attached hydrogens (tertiary/aromatic N) is 4. The Morgan fingerprint density at radius 3 is 2.61 bits per heavy atom. The molecule has 2 rings (SSSR count). The maximum Gasteiger partial charge on any atom is 0.165 e. The number of aryl methyl sites for hydroxylation is 1. The molecule has 0 aliphatic carbocycles. The SMILES string of the molecule is CC(C)(CCc1ccccc1)n1nnnc1CN. The highest BCUT2D eigenvalue weighted by atomic mass is 15.6. The van der Waals surface area contributed by atoms with Gasteiger partial charge in [0.2, 0.25) is 0 Å². The first-order chi connectivity index (χ1) is 8.63. The Balaban J connectivity index is 2.08. The van der Waals surface area contributed by atoms with Crippen LogP contribution in [0, 0.1) is 0 Å². The van der Waals surface area contributed by atoms with Crippen molar-refractivity contribution < 1.29 is 0 Å². The minimum atomic E-state index is -0.131. The zero-order chi connectivity index (χ0) is 13.0. The van der Waals surface area contributed by atoms with Crippen LogP contribution in [0.2, 0.25) is 0 Å². The summed E-state index contributed by atoms with van der Waals surface area (Å²) >= 11 is 0. The van der Waals surface area contributed by atoms with Crippen LogP contribution in [0.15, 0.2) is 30.3 Å². The average Bonchev–Trinajstić information content (AvgIpc) is 2.87. The minimum absolute atomic E-state index is 0.131. The first kappa shape index (κ1) is 12.7. The first-order valence-electron chi connectivity index (χ1n) is 6.15. The van der Waals surface area contributed by atoms with Crippen LogP contribution in [0.5, 0.6) is 0 Å². The lowest BCUT2D eigenvalue weighted by Gasteiger charge is -2.25. The van der Waals surface area contributed by atoms with E-state index in [0.717, 1.165) is 18.7 Å². The highest BCUT2D eigenvalue weighted by Gasteiger charge is 2.24. The van der Waals surface area contributed by atoms with Crippen LogP contribution in [0.25, 0.3) is 0 Å². The second kappa shape index (κ2) is 5.27. The fourth-order valence-corrected chi connectivity index (χ4v) is 2.00. The van der Waals surface area contributed by atoms with E-state index in [9.17, 15) is 0 Å². The van der Waals surface area contributed by atoms with Crippen molar-refractivity contribution >= 4 is 0 Å². The standard InChI is InChI=1S/C13H19N5/c1-13(2,18-12(10-14)15-16-17-18)9-8-11-6-4-3-5-7-11/h3-7H,8-10,14H2,1-2H3. The molecule has 0 amide bonds. The summed E-state index contributed by atoms with van der Waals surface area (Å²) in [7, 11) is 0. The highest BCUT2D eigenvalue weighted by molar-refractivity contribution is 5.15. The molecular weight excluding hydrogens is 226 g/mol. The molecule has 0 bridgehead atoms. The zero-order valence-corrected chi connectivity index (χ0v) is 10.9. The van der Waals surface area contributed by atoms with Crippen molar-refractivity contribution in [2.45, 2.75) is 38.8 Å². The molecule has 1 aromatic heterocycles. The van der Waals surface area contributed by atoms with Gasteiger partial charge in [0.15, 0.2) is 5.82 Å². The van der Waals surface area contributed by atoms with Gasteiger partial charge in [-0.3, -0.25) is 0 Å². The van der Waals surface area contributed by atoms with Gasteiger partial charge in [-0.25, -0.2) is 4.68 Å². The molecule has 0 aliphatic heterocycles. The fraction of sp³-hybridized carbons (Fsp3) is 0.462. The van der Waals surface area contributed by atoms with Crippen molar-refractivity contribution in [2.24, 2.45) is 5.73 Å². The van der Waals surface area contributed by atoms with E-state index in [1.165, 1.54) is 5.56 Å². The quantitative estimate of drug-likeness (QED) is 0.866. The summed E-state index contributed by atoms with van der Waals surface area (Å²) in [6.45, 7) is 4.62. The van der Waals surface area contributed by atoms with Gasteiger partial charge in [-0.15, -0.1) is 5.10 Å². The third-order valence-corrected chi connectivity index (χ3v) is 3.16. The third kappa shape index (κ3) is 2.73. The number of hydrogen-bond donors (Lipinski definition) is 1. The molecule has 1 aromatic carbocycles. The lowest BCUT2D eigenvalue weighted by Crippen LogP contribution is -2.31. The summed E-state index contributed by atoms with van der Waals surface area (Å²) in [5.74, 6) is 0.730. The predicted octanol–water partition coefficient (Wildman–Crippen LogP) is 1.50. The van der Waals surface area contributed by atoms with Crippen LogP contribution in [-0.4, -0.2) is 20.2 Å². The fourth-order valence-electron chi connectivity index (χ4n) is 2.00. The molecule has 0 atom stereocenters. The molecule has 5 nitrogen and oxygen atoms in total. The number of hydrogen-bond acceptors (Lipinski definition) is 4. The zero-order valence-electron chi connectivity index (χ0n) is 10.9. The smallest absolute Gasteiger partial charge is 0.165 e. The molecule has 0 radical (unpaired) electrons. The van der Waals surface area contributed by atoms with Gasteiger partial charge < -0.3 is 5.73 Å². The number of tetrazole rings is 1. The van der Waals surface area contributed by atoms with Gasteiger partial charge in [0, 0.05) is 0 Å². The molecule has 0 fully saturated rings.